The van der Waals surface area contributed by atoms with Gasteiger partial charge in [-0.25, -0.2) is 0 Å². The van der Waals surface area contributed by atoms with Crippen LogP contribution >= 0.6 is 23.2 Å². The average molecular weight is 317 g/mol. The Morgan fingerprint density at radius 1 is 1.45 bits per heavy atom. The molecule has 20 heavy (non-hydrogen) atoms. The summed E-state index contributed by atoms with van der Waals surface area (Å²) < 4.78 is 0. The summed E-state index contributed by atoms with van der Waals surface area (Å²) in [5.74, 6) is 0.00782. The highest BCUT2D eigenvalue weighted by Gasteiger charge is 2.38. The van der Waals surface area contributed by atoms with Gasteiger partial charge in [0, 0.05) is 5.69 Å². The Morgan fingerprint density at radius 2 is 2.05 bits per heavy atom. The molecule has 110 valence electrons. The number of anilines is 1. The van der Waals surface area contributed by atoms with Crippen LogP contribution in [0, 0.1) is 5.92 Å². The number of halogens is 2. The fraction of sp³-hybridized carbons (Fsp3) is 0.500. The Morgan fingerprint density at radius 3 is 2.60 bits per heavy atom. The first kappa shape index (κ1) is 15.4. The number of amides is 1. The first-order chi connectivity index (χ1) is 9.32. The first-order valence-electron chi connectivity index (χ1n) is 6.60. The lowest BCUT2D eigenvalue weighted by Gasteiger charge is -2.35. The summed E-state index contributed by atoms with van der Waals surface area (Å²) in [6, 6.07) is 2.91. The zero-order valence-electron chi connectivity index (χ0n) is 11.2. The van der Waals surface area contributed by atoms with Crippen LogP contribution in [-0.4, -0.2) is 16.6 Å². The van der Waals surface area contributed by atoms with E-state index in [9.17, 15) is 9.90 Å². The molecule has 1 fully saturated rings. The maximum absolute atomic E-state index is 12.4. The second-order valence-corrected chi connectivity index (χ2v) is 6.41. The van der Waals surface area contributed by atoms with Crippen molar-refractivity contribution in [2.75, 3.05) is 5.32 Å². The molecule has 0 aliphatic heterocycles. The predicted octanol–water partition coefficient (Wildman–Crippen LogP) is 3.55. The van der Waals surface area contributed by atoms with Crippen molar-refractivity contribution in [3.63, 3.8) is 0 Å². The Kier molecular flexibility index (Phi) is 4.47. The van der Waals surface area contributed by atoms with E-state index in [1.807, 2.05) is 0 Å². The third kappa shape index (κ3) is 3.19. The predicted molar refractivity (Wildman–Crippen MR) is 81.3 cm³/mol. The van der Waals surface area contributed by atoms with Crippen LogP contribution in [0.5, 0.6) is 5.75 Å². The molecular formula is C14H18Cl2N2O2. The second-order valence-electron chi connectivity index (χ2n) is 5.60. The van der Waals surface area contributed by atoms with E-state index in [0.29, 0.717) is 24.4 Å². The summed E-state index contributed by atoms with van der Waals surface area (Å²) in [5.41, 5.74) is 5.80. The Balaban J connectivity index is 2.15. The Hall–Kier alpha value is -0.970. The molecule has 0 radical (unpaired) electrons. The summed E-state index contributed by atoms with van der Waals surface area (Å²) in [7, 11) is 0. The van der Waals surface area contributed by atoms with E-state index in [0.717, 1.165) is 12.8 Å². The molecule has 0 saturated heterocycles. The number of carbonyl (C=O) groups is 1. The van der Waals surface area contributed by atoms with E-state index in [-0.39, 0.29) is 21.7 Å². The minimum atomic E-state index is -0.853. The van der Waals surface area contributed by atoms with Crippen molar-refractivity contribution in [2.45, 2.75) is 38.1 Å². The summed E-state index contributed by atoms with van der Waals surface area (Å²) in [6.45, 7) is 2.10. The minimum Gasteiger partial charge on any atom is -0.505 e. The molecule has 2 unspecified atom stereocenters. The lowest BCUT2D eigenvalue weighted by molar-refractivity contribution is -0.122. The quantitative estimate of drug-likeness (QED) is 0.730. The van der Waals surface area contributed by atoms with Gasteiger partial charge in [-0.2, -0.15) is 0 Å². The summed E-state index contributed by atoms with van der Waals surface area (Å²) >= 11 is 11.7. The molecule has 0 spiro atoms. The van der Waals surface area contributed by atoms with Crippen LogP contribution in [-0.2, 0) is 4.79 Å². The van der Waals surface area contributed by atoms with Crippen LogP contribution in [0.4, 0.5) is 5.69 Å². The molecule has 0 heterocycles. The highest BCUT2D eigenvalue weighted by atomic mass is 35.5. The van der Waals surface area contributed by atoms with Gasteiger partial charge in [-0.1, -0.05) is 43.0 Å². The number of benzene rings is 1. The highest BCUT2D eigenvalue weighted by Crippen LogP contribution is 2.36. The van der Waals surface area contributed by atoms with Gasteiger partial charge in [-0.15, -0.1) is 0 Å². The van der Waals surface area contributed by atoms with Crippen LogP contribution < -0.4 is 11.1 Å². The molecule has 1 aromatic rings. The van der Waals surface area contributed by atoms with Gasteiger partial charge in [0.25, 0.3) is 0 Å². The molecule has 4 N–H and O–H groups in total. The van der Waals surface area contributed by atoms with Crippen LogP contribution in [0.25, 0.3) is 0 Å². The van der Waals surface area contributed by atoms with E-state index in [2.05, 4.69) is 12.2 Å². The molecule has 1 aliphatic rings. The molecular weight excluding hydrogens is 299 g/mol. The number of hydrogen-bond acceptors (Lipinski definition) is 3. The molecule has 6 heteroatoms. The lowest BCUT2D eigenvalue weighted by Crippen LogP contribution is -2.53. The number of rotatable bonds is 2. The van der Waals surface area contributed by atoms with E-state index in [1.54, 1.807) is 0 Å². The van der Waals surface area contributed by atoms with Gasteiger partial charge in [-0.05, 0) is 30.9 Å². The van der Waals surface area contributed by atoms with Gasteiger partial charge in [0.2, 0.25) is 5.91 Å². The van der Waals surface area contributed by atoms with E-state index >= 15 is 0 Å². The zero-order valence-corrected chi connectivity index (χ0v) is 12.8. The van der Waals surface area contributed by atoms with E-state index < -0.39 is 5.54 Å². The van der Waals surface area contributed by atoms with Crippen LogP contribution in [0.2, 0.25) is 10.0 Å². The Bertz CT molecular complexity index is 513. The topological polar surface area (TPSA) is 75.4 Å². The summed E-state index contributed by atoms with van der Waals surface area (Å²) in [6.07, 6.45) is 3.38. The van der Waals surface area contributed by atoms with Gasteiger partial charge >= 0.3 is 0 Å². The van der Waals surface area contributed by atoms with Crippen molar-refractivity contribution >= 4 is 34.8 Å². The molecule has 1 aliphatic carbocycles. The highest BCUT2D eigenvalue weighted by molar-refractivity contribution is 6.37. The number of phenols is 1. The number of phenolic OH excluding ortho intramolecular Hbond substituents is 1. The van der Waals surface area contributed by atoms with Gasteiger partial charge in [0.15, 0.2) is 5.75 Å². The van der Waals surface area contributed by atoms with Crippen LogP contribution in [0.1, 0.15) is 32.6 Å². The third-order valence-corrected chi connectivity index (χ3v) is 4.34. The monoisotopic (exact) mass is 316 g/mol. The minimum absolute atomic E-state index is 0.0934. The van der Waals surface area contributed by atoms with Crippen molar-refractivity contribution < 1.29 is 9.90 Å². The maximum Gasteiger partial charge on any atom is 0.244 e. The molecule has 2 atom stereocenters. The fourth-order valence-corrected chi connectivity index (χ4v) is 3.18. The van der Waals surface area contributed by atoms with Gasteiger partial charge in [0.05, 0.1) is 15.6 Å². The number of hydrogen-bond donors (Lipinski definition) is 3. The van der Waals surface area contributed by atoms with Gasteiger partial charge in [-0.3, -0.25) is 4.79 Å². The fourth-order valence-electron chi connectivity index (χ4n) is 2.69. The summed E-state index contributed by atoms with van der Waals surface area (Å²) in [4.78, 5) is 12.4. The van der Waals surface area contributed by atoms with Crippen molar-refractivity contribution in [3.8, 4) is 5.75 Å². The molecule has 1 amide bonds. The average Bonchev–Trinajstić information content (AvgIpc) is 2.35. The van der Waals surface area contributed by atoms with Crippen LogP contribution in [0.15, 0.2) is 12.1 Å². The Labute approximate surface area is 128 Å². The van der Waals surface area contributed by atoms with Gasteiger partial charge in [0.1, 0.15) is 0 Å². The van der Waals surface area contributed by atoms with Crippen molar-refractivity contribution in [2.24, 2.45) is 11.7 Å². The normalized spacial score (nSPS) is 26.3. The molecule has 1 aromatic carbocycles. The SMILES string of the molecule is CC1CCCC(N)(C(=O)Nc2cc(Cl)c(O)c(Cl)c2)C1. The molecule has 1 saturated carbocycles. The second kappa shape index (κ2) is 5.80. The van der Waals surface area contributed by atoms with E-state index in [1.165, 1.54) is 12.1 Å². The zero-order chi connectivity index (χ0) is 14.9. The number of carbonyl (C=O) groups excluding carboxylic acids is 1. The molecule has 0 bridgehead atoms. The number of aromatic hydroxyl groups is 1. The van der Waals surface area contributed by atoms with E-state index in [4.69, 9.17) is 28.9 Å². The lowest BCUT2D eigenvalue weighted by atomic mass is 9.76. The van der Waals surface area contributed by atoms with Crippen molar-refractivity contribution in [3.05, 3.63) is 22.2 Å². The van der Waals surface area contributed by atoms with Crippen molar-refractivity contribution in [1.82, 2.24) is 0 Å². The molecule has 4 nitrogen and oxygen atoms in total. The molecule has 0 aromatic heterocycles. The standard InChI is InChI=1S/C14H18Cl2N2O2/c1-8-3-2-4-14(17,7-8)13(20)18-9-5-10(15)12(19)11(16)6-9/h5-6,8,19H,2-4,7,17H2,1H3,(H,18,20). The number of nitrogens with one attached hydrogen (secondary N) is 1. The maximum atomic E-state index is 12.4. The van der Waals surface area contributed by atoms with Gasteiger partial charge < -0.3 is 16.2 Å². The van der Waals surface area contributed by atoms with Crippen molar-refractivity contribution in [1.29, 1.82) is 0 Å². The smallest absolute Gasteiger partial charge is 0.244 e. The molecule has 2 rings (SSSR count). The summed E-state index contributed by atoms with van der Waals surface area (Å²) in [5, 5.41) is 12.4. The first-order valence-corrected chi connectivity index (χ1v) is 7.36. The largest absolute Gasteiger partial charge is 0.505 e. The number of nitrogens with two attached hydrogens (primary N) is 1. The van der Waals surface area contributed by atoms with Crippen LogP contribution in [0.3, 0.4) is 0 Å². The third-order valence-electron chi connectivity index (χ3n) is 3.76.